The molecule has 0 bridgehead atoms. The number of aryl methyl sites for hydroxylation is 1. The zero-order valence-corrected chi connectivity index (χ0v) is 11.1. The number of amides is 1. The second-order valence-corrected chi connectivity index (χ2v) is 4.56. The standard InChI is InChI=1S/C16H16FNO2/c1-11-6-5-9-13(15(11)17)16(20)18-14(10-19)12-7-3-2-4-8-12/h2-9,14,19H,10H2,1H3,(H,18,20)/t14-/m0/s1. The summed E-state index contributed by atoms with van der Waals surface area (Å²) in [6, 6.07) is 13.2. The third kappa shape index (κ3) is 3.03. The molecule has 0 fully saturated rings. The van der Waals surface area contributed by atoms with Gasteiger partial charge in [-0.25, -0.2) is 4.39 Å². The lowest BCUT2D eigenvalue weighted by atomic mass is 10.1. The Morgan fingerprint density at radius 3 is 2.55 bits per heavy atom. The van der Waals surface area contributed by atoms with Crippen LogP contribution in [0.2, 0.25) is 0 Å². The SMILES string of the molecule is Cc1cccc(C(=O)N[C@@H](CO)c2ccccc2)c1F. The van der Waals surface area contributed by atoms with Crippen LogP contribution in [0.1, 0.15) is 27.5 Å². The number of aliphatic hydroxyl groups excluding tert-OH is 1. The smallest absolute Gasteiger partial charge is 0.254 e. The van der Waals surface area contributed by atoms with Crippen LogP contribution in [0, 0.1) is 12.7 Å². The van der Waals surface area contributed by atoms with Crippen molar-refractivity contribution in [2.75, 3.05) is 6.61 Å². The van der Waals surface area contributed by atoms with Crippen molar-refractivity contribution >= 4 is 5.91 Å². The van der Waals surface area contributed by atoms with Gasteiger partial charge in [-0.3, -0.25) is 4.79 Å². The van der Waals surface area contributed by atoms with E-state index < -0.39 is 17.8 Å². The van der Waals surface area contributed by atoms with Gasteiger partial charge < -0.3 is 10.4 Å². The van der Waals surface area contributed by atoms with Crippen molar-refractivity contribution in [3.63, 3.8) is 0 Å². The summed E-state index contributed by atoms with van der Waals surface area (Å²) in [7, 11) is 0. The van der Waals surface area contributed by atoms with Gasteiger partial charge >= 0.3 is 0 Å². The fourth-order valence-electron chi connectivity index (χ4n) is 1.98. The van der Waals surface area contributed by atoms with Gasteiger partial charge in [0.15, 0.2) is 0 Å². The van der Waals surface area contributed by atoms with E-state index >= 15 is 0 Å². The lowest BCUT2D eigenvalue weighted by Gasteiger charge is -2.17. The number of benzene rings is 2. The molecule has 0 saturated carbocycles. The van der Waals surface area contributed by atoms with Gasteiger partial charge in [0.1, 0.15) is 5.82 Å². The predicted molar refractivity (Wildman–Crippen MR) is 74.9 cm³/mol. The van der Waals surface area contributed by atoms with Gasteiger partial charge in [0.25, 0.3) is 5.91 Å². The van der Waals surface area contributed by atoms with Crippen LogP contribution in [0.5, 0.6) is 0 Å². The molecule has 0 unspecified atom stereocenters. The second kappa shape index (κ2) is 6.30. The molecule has 0 aromatic heterocycles. The summed E-state index contributed by atoms with van der Waals surface area (Å²) in [5.41, 5.74) is 1.17. The third-order valence-electron chi connectivity index (χ3n) is 3.13. The Labute approximate surface area is 117 Å². The molecule has 0 aliphatic carbocycles. The molecule has 0 spiro atoms. The Morgan fingerprint density at radius 2 is 1.90 bits per heavy atom. The third-order valence-corrected chi connectivity index (χ3v) is 3.13. The number of halogens is 1. The number of rotatable bonds is 4. The summed E-state index contributed by atoms with van der Waals surface area (Å²) >= 11 is 0. The van der Waals surface area contributed by atoms with Crippen molar-refractivity contribution in [2.45, 2.75) is 13.0 Å². The number of carbonyl (C=O) groups excluding carboxylic acids is 1. The summed E-state index contributed by atoms with van der Waals surface area (Å²) in [5.74, 6) is -1.07. The fourth-order valence-corrected chi connectivity index (χ4v) is 1.98. The minimum atomic E-state index is -0.552. The zero-order chi connectivity index (χ0) is 14.5. The molecule has 104 valence electrons. The van der Waals surface area contributed by atoms with Crippen LogP contribution in [-0.4, -0.2) is 17.6 Å². The van der Waals surface area contributed by atoms with Crippen LogP contribution in [-0.2, 0) is 0 Å². The van der Waals surface area contributed by atoms with Crippen molar-refractivity contribution in [1.29, 1.82) is 0 Å². The van der Waals surface area contributed by atoms with E-state index in [1.807, 2.05) is 18.2 Å². The molecule has 2 aromatic carbocycles. The first-order valence-corrected chi connectivity index (χ1v) is 6.35. The maximum Gasteiger partial charge on any atom is 0.254 e. The van der Waals surface area contributed by atoms with Crippen molar-refractivity contribution in [2.24, 2.45) is 0 Å². The van der Waals surface area contributed by atoms with Gasteiger partial charge in [0.2, 0.25) is 0 Å². The molecule has 0 heterocycles. The van der Waals surface area contributed by atoms with E-state index in [9.17, 15) is 14.3 Å². The van der Waals surface area contributed by atoms with Crippen LogP contribution < -0.4 is 5.32 Å². The largest absolute Gasteiger partial charge is 0.394 e. The monoisotopic (exact) mass is 273 g/mol. The summed E-state index contributed by atoms with van der Waals surface area (Å²) in [5, 5.41) is 12.0. The topological polar surface area (TPSA) is 49.3 Å². The van der Waals surface area contributed by atoms with Gasteiger partial charge in [0, 0.05) is 0 Å². The molecule has 2 aromatic rings. The van der Waals surface area contributed by atoms with Crippen molar-refractivity contribution in [1.82, 2.24) is 5.32 Å². The van der Waals surface area contributed by atoms with Crippen LogP contribution in [0.4, 0.5) is 4.39 Å². The first-order valence-electron chi connectivity index (χ1n) is 6.35. The molecule has 2 N–H and O–H groups in total. The predicted octanol–water partition coefficient (Wildman–Crippen LogP) is 2.60. The van der Waals surface area contributed by atoms with Gasteiger partial charge in [-0.05, 0) is 24.1 Å². The number of carbonyl (C=O) groups is 1. The Kier molecular flexibility index (Phi) is 4.48. The van der Waals surface area contributed by atoms with Gasteiger partial charge in [-0.2, -0.15) is 0 Å². The normalized spacial score (nSPS) is 11.9. The first kappa shape index (κ1) is 14.2. The maximum atomic E-state index is 13.9. The van der Waals surface area contributed by atoms with E-state index in [-0.39, 0.29) is 12.2 Å². The second-order valence-electron chi connectivity index (χ2n) is 4.56. The Balaban J connectivity index is 2.20. The van der Waals surface area contributed by atoms with Crippen LogP contribution in [0.15, 0.2) is 48.5 Å². The molecule has 0 aliphatic heterocycles. The fraction of sp³-hybridized carbons (Fsp3) is 0.188. The highest BCUT2D eigenvalue weighted by molar-refractivity contribution is 5.94. The van der Waals surface area contributed by atoms with Gasteiger partial charge in [-0.1, -0.05) is 42.5 Å². The lowest BCUT2D eigenvalue weighted by molar-refractivity contribution is 0.0912. The van der Waals surface area contributed by atoms with Gasteiger partial charge in [0.05, 0.1) is 18.2 Å². The van der Waals surface area contributed by atoms with E-state index in [4.69, 9.17) is 0 Å². The van der Waals surface area contributed by atoms with E-state index in [0.717, 1.165) is 5.56 Å². The van der Waals surface area contributed by atoms with E-state index in [2.05, 4.69) is 5.32 Å². The van der Waals surface area contributed by atoms with E-state index in [1.54, 1.807) is 31.2 Å². The molecule has 1 atom stereocenters. The zero-order valence-electron chi connectivity index (χ0n) is 11.1. The highest BCUT2D eigenvalue weighted by Crippen LogP contribution is 2.15. The van der Waals surface area contributed by atoms with Crippen LogP contribution >= 0.6 is 0 Å². The summed E-state index contributed by atoms with van der Waals surface area (Å²) in [6.07, 6.45) is 0. The Hall–Kier alpha value is -2.20. The lowest BCUT2D eigenvalue weighted by Crippen LogP contribution is -2.31. The number of aliphatic hydroxyl groups is 1. The summed E-state index contributed by atoms with van der Waals surface area (Å²) in [6.45, 7) is 1.36. The average molecular weight is 273 g/mol. The molecular formula is C16H16FNO2. The number of hydrogen-bond donors (Lipinski definition) is 2. The molecule has 4 heteroatoms. The molecule has 2 rings (SSSR count). The first-order chi connectivity index (χ1) is 9.63. The summed E-state index contributed by atoms with van der Waals surface area (Å²) < 4.78 is 13.9. The molecule has 3 nitrogen and oxygen atoms in total. The van der Waals surface area contributed by atoms with Crippen molar-refractivity contribution in [3.05, 3.63) is 71.0 Å². The van der Waals surface area contributed by atoms with Crippen molar-refractivity contribution in [3.8, 4) is 0 Å². The Bertz CT molecular complexity index is 599. The quantitative estimate of drug-likeness (QED) is 0.899. The van der Waals surface area contributed by atoms with E-state index in [0.29, 0.717) is 5.56 Å². The number of nitrogens with one attached hydrogen (secondary N) is 1. The molecule has 0 saturated heterocycles. The molecular weight excluding hydrogens is 257 g/mol. The van der Waals surface area contributed by atoms with Crippen molar-refractivity contribution < 1.29 is 14.3 Å². The minimum absolute atomic E-state index is 0.0145. The van der Waals surface area contributed by atoms with Gasteiger partial charge in [-0.15, -0.1) is 0 Å². The van der Waals surface area contributed by atoms with Crippen LogP contribution in [0.3, 0.4) is 0 Å². The minimum Gasteiger partial charge on any atom is -0.394 e. The molecule has 0 aliphatic rings. The molecule has 20 heavy (non-hydrogen) atoms. The molecule has 0 radical (unpaired) electrons. The highest BCUT2D eigenvalue weighted by Gasteiger charge is 2.18. The van der Waals surface area contributed by atoms with E-state index in [1.165, 1.54) is 6.07 Å². The average Bonchev–Trinajstić information content (AvgIpc) is 2.48. The van der Waals surface area contributed by atoms with Crippen LogP contribution in [0.25, 0.3) is 0 Å². The highest BCUT2D eigenvalue weighted by atomic mass is 19.1. The summed E-state index contributed by atoms with van der Waals surface area (Å²) in [4.78, 5) is 12.1. The molecule has 1 amide bonds. The maximum absolute atomic E-state index is 13.9. The number of hydrogen-bond acceptors (Lipinski definition) is 2. The Morgan fingerprint density at radius 1 is 1.20 bits per heavy atom.